The summed E-state index contributed by atoms with van der Waals surface area (Å²) < 4.78 is 0. The largest absolute Gasteiger partial charge is 0.103 e. The number of fused-ring (bicyclic) bond motifs is 3. The third kappa shape index (κ3) is 1.94. The lowest BCUT2D eigenvalue weighted by molar-refractivity contribution is 0.0697. The second-order valence-electron chi connectivity index (χ2n) is 5.80. The highest BCUT2D eigenvalue weighted by atomic mass is 14.5. The maximum absolute atomic E-state index is 3.97. The monoisotopic (exact) mass is 226 g/mol. The molecule has 0 radical (unpaired) electrons. The molecule has 0 nitrogen and oxygen atoms in total. The van der Waals surface area contributed by atoms with Gasteiger partial charge in [0.25, 0.3) is 0 Å². The molecule has 4 rings (SSSR count). The van der Waals surface area contributed by atoms with Crippen molar-refractivity contribution in [2.24, 2.45) is 17.8 Å². The Balaban J connectivity index is 1.92. The van der Waals surface area contributed by atoms with Gasteiger partial charge in [0, 0.05) is 0 Å². The van der Waals surface area contributed by atoms with Crippen molar-refractivity contribution in [2.45, 2.75) is 38.0 Å². The fourth-order valence-electron chi connectivity index (χ4n) is 4.30. The number of allylic oxidation sites excluding steroid dienone is 1. The van der Waals surface area contributed by atoms with Crippen molar-refractivity contribution in [2.75, 3.05) is 0 Å². The van der Waals surface area contributed by atoms with Gasteiger partial charge in [-0.15, -0.1) is 6.58 Å². The minimum atomic E-state index is 0.807. The summed E-state index contributed by atoms with van der Waals surface area (Å²) in [5.74, 6) is 3.57. The highest BCUT2D eigenvalue weighted by molar-refractivity contribution is 5.23. The number of hydrogen-bond acceptors (Lipinski definition) is 0. The molecule has 90 valence electrons. The van der Waals surface area contributed by atoms with Crippen LogP contribution in [0.2, 0.25) is 0 Å². The Hall–Kier alpha value is -1.04. The second kappa shape index (κ2) is 4.68. The molecule has 0 N–H and O–H groups in total. The predicted octanol–water partition coefficient (Wildman–Crippen LogP) is 4.78. The van der Waals surface area contributed by atoms with Gasteiger partial charge < -0.3 is 0 Å². The van der Waals surface area contributed by atoms with E-state index in [9.17, 15) is 0 Å². The molecule has 2 bridgehead atoms. The molecule has 2 atom stereocenters. The smallest absolute Gasteiger partial charge is 0.00997 e. The predicted molar refractivity (Wildman–Crippen MR) is 72.9 cm³/mol. The minimum Gasteiger partial charge on any atom is -0.103 e. The first kappa shape index (κ1) is 11.1. The van der Waals surface area contributed by atoms with Crippen LogP contribution in [-0.2, 0) is 0 Å². The summed E-state index contributed by atoms with van der Waals surface area (Å²) in [6.45, 7) is 3.97. The van der Waals surface area contributed by atoms with E-state index in [4.69, 9.17) is 0 Å². The first-order chi connectivity index (χ1) is 8.40. The van der Waals surface area contributed by atoms with Gasteiger partial charge >= 0.3 is 0 Å². The summed E-state index contributed by atoms with van der Waals surface area (Å²) in [5.41, 5.74) is 1.58. The first-order valence-electron chi connectivity index (χ1n) is 7.06. The number of rotatable bonds is 3. The SMILES string of the molecule is C=CCC1C2CCC(CC2)C1c1ccccc1. The van der Waals surface area contributed by atoms with E-state index in [0.717, 1.165) is 23.7 Å². The van der Waals surface area contributed by atoms with Gasteiger partial charge in [0.2, 0.25) is 0 Å². The van der Waals surface area contributed by atoms with E-state index in [1.807, 2.05) is 0 Å². The summed E-state index contributed by atoms with van der Waals surface area (Å²) in [5, 5.41) is 0. The molecule has 3 aliphatic rings. The van der Waals surface area contributed by atoms with Gasteiger partial charge in [0.1, 0.15) is 0 Å². The maximum atomic E-state index is 3.97. The zero-order valence-electron chi connectivity index (χ0n) is 10.5. The summed E-state index contributed by atoms with van der Waals surface area (Å²) >= 11 is 0. The van der Waals surface area contributed by atoms with E-state index < -0.39 is 0 Å². The highest BCUT2D eigenvalue weighted by Gasteiger charge is 2.43. The topological polar surface area (TPSA) is 0 Å². The molecule has 0 spiro atoms. The molecule has 17 heavy (non-hydrogen) atoms. The van der Waals surface area contributed by atoms with E-state index in [-0.39, 0.29) is 0 Å². The van der Waals surface area contributed by atoms with Gasteiger partial charge in [-0.1, -0.05) is 36.4 Å². The lowest BCUT2D eigenvalue weighted by Crippen LogP contribution is -2.38. The standard InChI is InChI=1S/C17H22/c1-2-6-16-13-9-11-15(12-10-13)17(16)14-7-4-3-5-8-14/h2-5,7-8,13,15-17H,1,6,9-12H2. The number of hydrogen-bond donors (Lipinski definition) is 0. The van der Waals surface area contributed by atoms with Gasteiger partial charge in [0.05, 0.1) is 0 Å². The van der Waals surface area contributed by atoms with Crippen LogP contribution in [0.3, 0.4) is 0 Å². The summed E-state index contributed by atoms with van der Waals surface area (Å²) in [7, 11) is 0. The first-order valence-corrected chi connectivity index (χ1v) is 7.06. The van der Waals surface area contributed by atoms with E-state index >= 15 is 0 Å². The Morgan fingerprint density at radius 3 is 2.29 bits per heavy atom. The average molecular weight is 226 g/mol. The summed E-state index contributed by atoms with van der Waals surface area (Å²) in [4.78, 5) is 0. The molecule has 0 amide bonds. The molecule has 1 aromatic carbocycles. The van der Waals surface area contributed by atoms with Crippen LogP contribution < -0.4 is 0 Å². The quantitative estimate of drug-likeness (QED) is 0.650. The Morgan fingerprint density at radius 1 is 1.00 bits per heavy atom. The summed E-state index contributed by atoms with van der Waals surface area (Å²) in [6.07, 6.45) is 9.19. The van der Waals surface area contributed by atoms with Crippen LogP contribution in [0.4, 0.5) is 0 Å². The Morgan fingerprint density at radius 2 is 1.65 bits per heavy atom. The van der Waals surface area contributed by atoms with Crippen molar-refractivity contribution in [1.82, 2.24) is 0 Å². The molecule has 0 aliphatic heterocycles. The Kier molecular flexibility index (Phi) is 3.05. The van der Waals surface area contributed by atoms with Crippen molar-refractivity contribution in [3.8, 4) is 0 Å². The van der Waals surface area contributed by atoms with E-state index in [1.54, 1.807) is 5.56 Å². The molecular formula is C17H22. The van der Waals surface area contributed by atoms with Crippen molar-refractivity contribution in [3.05, 3.63) is 48.6 Å². The molecule has 3 aliphatic carbocycles. The summed E-state index contributed by atoms with van der Waals surface area (Å²) in [6, 6.07) is 11.2. The van der Waals surface area contributed by atoms with E-state index in [1.165, 1.54) is 32.1 Å². The fourth-order valence-corrected chi connectivity index (χ4v) is 4.30. The molecule has 2 unspecified atom stereocenters. The zero-order valence-corrected chi connectivity index (χ0v) is 10.5. The van der Waals surface area contributed by atoms with Gasteiger partial charge in [0.15, 0.2) is 0 Å². The highest BCUT2D eigenvalue weighted by Crippen LogP contribution is 2.54. The molecule has 0 heterocycles. The maximum Gasteiger partial charge on any atom is -0.00997 e. The van der Waals surface area contributed by atoms with Crippen LogP contribution in [-0.4, -0.2) is 0 Å². The van der Waals surface area contributed by atoms with Crippen LogP contribution in [0.15, 0.2) is 43.0 Å². The third-order valence-electron chi connectivity index (χ3n) is 5.01. The van der Waals surface area contributed by atoms with E-state index in [2.05, 4.69) is 43.0 Å². The zero-order chi connectivity index (χ0) is 11.7. The van der Waals surface area contributed by atoms with Crippen molar-refractivity contribution in [1.29, 1.82) is 0 Å². The normalized spacial score (nSPS) is 35.8. The van der Waals surface area contributed by atoms with Crippen molar-refractivity contribution >= 4 is 0 Å². The molecule has 1 aromatic rings. The third-order valence-corrected chi connectivity index (χ3v) is 5.01. The van der Waals surface area contributed by atoms with Crippen LogP contribution >= 0.6 is 0 Å². The van der Waals surface area contributed by atoms with Gasteiger partial charge in [-0.2, -0.15) is 0 Å². The van der Waals surface area contributed by atoms with E-state index in [0.29, 0.717) is 0 Å². The number of benzene rings is 1. The lowest BCUT2D eigenvalue weighted by atomic mass is 9.56. The fraction of sp³-hybridized carbons (Fsp3) is 0.529. The Labute approximate surface area is 105 Å². The molecule has 0 heteroatoms. The molecular weight excluding hydrogens is 204 g/mol. The average Bonchev–Trinajstić information content (AvgIpc) is 2.41. The van der Waals surface area contributed by atoms with Crippen LogP contribution in [0.5, 0.6) is 0 Å². The lowest BCUT2D eigenvalue weighted by Gasteiger charge is -2.49. The van der Waals surface area contributed by atoms with Crippen molar-refractivity contribution in [3.63, 3.8) is 0 Å². The van der Waals surface area contributed by atoms with Crippen LogP contribution in [0.1, 0.15) is 43.6 Å². The minimum absolute atomic E-state index is 0.807. The Bertz CT molecular complexity index is 370. The van der Waals surface area contributed by atoms with Gasteiger partial charge in [-0.25, -0.2) is 0 Å². The van der Waals surface area contributed by atoms with Gasteiger partial charge in [-0.3, -0.25) is 0 Å². The second-order valence-corrected chi connectivity index (χ2v) is 5.80. The molecule has 0 saturated heterocycles. The molecule has 0 aromatic heterocycles. The van der Waals surface area contributed by atoms with Gasteiger partial charge in [-0.05, 0) is 61.3 Å². The van der Waals surface area contributed by atoms with Crippen LogP contribution in [0.25, 0.3) is 0 Å². The molecule has 3 fully saturated rings. The van der Waals surface area contributed by atoms with Crippen molar-refractivity contribution < 1.29 is 0 Å². The van der Waals surface area contributed by atoms with Crippen LogP contribution in [0, 0.1) is 17.8 Å². The molecule has 3 saturated carbocycles.